The largest absolute Gasteiger partial charge is 0.493 e. The monoisotopic (exact) mass is 383 g/mol. The molecule has 0 saturated carbocycles. The first-order valence-corrected chi connectivity index (χ1v) is 9.02. The zero-order valence-electron chi connectivity index (χ0n) is 15.4. The molecular weight excluding hydrogens is 363 g/mol. The highest BCUT2D eigenvalue weighted by molar-refractivity contribution is 6.13. The van der Waals surface area contributed by atoms with Gasteiger partial charge in [-0.1, -0.05) is 67.6 Å². The lowest BCUT2D eigenvalue weighted by Crippen LogP contribution is -2.09. The van der Waals surface area contributed by atoms with Gasteiger partial charge in [0, 0.05) is 17.2 Å². The topological polar surface area (TPSA) is 21.6 Å². The minimum absolute atomic E-state index is 0.198. The molecule has 0 heterocycles. The predicted octanol–water partition coefficient (Wildman–Crippen LogP) is 6.66. The maximum atomic E-state index is 13.3. The van der Waals surface area contributed by atoms with Crippen molar-refractivity contribution < 1.29 is 17.9 Å². The van der Waals surface area contributed by atoms with E-state index in [-0.39, 0.29) is 12.4 Å². The van der Waals surface area contributed by atoms with Crippen LogP contribution in [0.1, 0.15) is 30.0 Å². The second-order valence-electron chi connectivity index (χ2n) is 6.22. The number of hydrogen-bond donors (Lipinski definition) is 0. The molecule has 0 N–H and O–H groups in total. The summed E-state index contributed by atoms with van der Waals surface area (Å²) in [5.74, 6) is -0.198. The van der Waals surface area contributed by atoms with Gasteiger partial charge in [0.15, 0.2) is 0 Å². The summed E-state index contributed by atoms with van der Waals surface area (Å²) in [5, 5.41) is 0. The fourth-order valence-corrected chi connectivity index (χ4v) is 2.76. The van der Waals surface area contributed by atoms with Crippen LogP contribution in [0.5, 0.6) is 5.75 Å². The number of halogens is 3. The van der Waals surface area contributed by atoms with E-state index in [0.29, 0.717) is 17.8 Å². The van der Waals surface area contributed by atoms with Crippen LogP contribution in [0.3, 0.4) is 0 Å². The maximum absolute atomic E-state index is 13.3. The molecule has 0 radical (unpaired) electrons. The molecule has 0 aliphatic heterocycles. The Bertz CT molecular complexity index is 894. The third kappa shape index (κ3) is 4.80. The predicted molar refractivity (Wildman–Crippen MR) is 105 cm³/mol. The molecule has 3 aromatic rings. The van der Waals surface area contributed by atoms with Gasteiger partial charge in [0.1, 0.15) is 5.75 Å². The molecule has 2 nitrogen and oxygen atoms in total. The van der Waals surface area contributed by atoms with Crippen LogP contribution in [-0.2, 0) is 6.18 Å². The smallest absolute Gasteiger partial charge is 0.419 e. The zero-order chi connectivity index (χ0) is 20.0. The molecule has 0 atom stereocenters. The Balaban J connectivity index is 2.10. The molecule has 0 aliphatic rings. The number of rotatable bonds is 6. The average Bonchev–Trinajstić information content (AvgIpc) is 2.71. The van der Waals surface area contributed by atoms with Crippen LogP contribution in [0.15, 0.2) is 83.9 Å². The van der Waals surface area contributed by atoms with Crippen LogP contribution < -0.4 is 4.74 Å². The Kier molecular flexibility index (Phi) is 6.14. The Labute approximate surface area is 162 Å². The molecule has 144 valence electrons. The third-order valence-electron chi connectivity index (χ3n) is 4.07. The van der Waals surface area contributed by atoms with Crippen molar-refractivity contribution in [3.63, 3.8) is 0 Å². The van der Waals surface area contributed by atoms with Crippen molar-refractivity contribution in [2.75, 3.05) is 6.61 Å². The van der Waals surface area contributed by atoms with E-state index in [1.54, 1.807) is 0 Å². The van der Waals surface area contributed by atoms with E-state index in [1.165, 1.54) is 12.1 Å². The lowest BCUT2D eigenvalue weighted by molar-refractivity contribution is -0.138. The summed E-state index contributed by atoms with van der Waals surface area (Å²) >= 11 is 0. The minimum atomic E-state index is -4.48. The summed E-state index contributed by atoms with van der Waals surface area (Å²) in [4.78, 5) is 4.66. The van der Waals surface area contributed by atoms with Crippen LogP contribution in [-0.4, -0.2) is 12.3 Å². The van der Waals surface area contributed by atoms with Gasteiger partial charge in [0.05, 0.1) is 23.6 Å². The van der Waals surface area contributed by atoms with Gasteiger partial charge in [0.25, 0.3) is 0 Å². The van der Waals surface area contributed by atoms with Crippen LogP contribution in [0.25, 0.3) is 0 Å². The first-order valence-electron chi connectivity index (χ1n) is 9.02. The summed E-state index contributed by atoms with van der Waals surface area (Å²) in [6.45, 7) is 2.05. The summed E-state index contributed by atoms with van der Waals surface area (Å²) < 4.78 is 45.2. The number of ether oxygens (including phenoxy) is 1. The van der Waals surface area contributed by atoms with E-state index in [4.69, 9.17) is 4.74 Å². The second-order valence-corrected chi connectivity index (χ2v) is 6.22. The van der Waals surface area contributed by atoms with E-state index in [9.17, 15) is 13.2 Å². The van der Waals surface area contributed by atoms with Crippen molar-refractivity contribution in [3.8, 4) is 5.75 Å². The molecule has 5 heteroatoms. The van der Waals surface area contributed by atoms with E-state index in [2.05, 4.69) is 4.99 Å². The van der Waals surface area contributed by atoms with Crippen molar-refractivity contribution in [3.05, 3.63) is 95.6 Å². The lowest BCUT2D eigenvalue weighted by Gasteiger charge is -2.14. The van der Waals surface area contributed by atoms with E-state index in [0.717, 1.165) is 17.2 Å². The number of aliphatic imine (C=N–C) groups is 1. The van der Waals surface area contributed by atoms with Gasteiger partial charge in [-0.2, -0.15) is 13.2 Å². The third-order valence-corrected chi connectivity index (χ3v) is 4.07. The number of benzene rings is 3. The molecule has 3 rings (SSSR count). The quantitative estimate of drug-likeness (QED) is 0.436. The highest BCUT2D eigenvalue weighted by atomic mass is 19.4. The normalized spacial score (nSPS) is 11.1. The minimum Gasteiger partial charge on any atom is -0.493 e. The van der Waals surface area contributed by atoms with Gasteiger partial charge in [0.2, 0.25) is 0 Å². The fourth-order valence-electron chi connectivity index (χ4n) is 2.76. The molecular formula is C23H20F3NO. The molecule has 28 heavy (non-hydrogen) atoms. The van der Waals surface area contributed by atoms with Crippen molar-refractivity contribution in [1.82, 2.24) is 0 Å². The maximum Gasteiger partial charge on any atom is 0.419 e. The molecule has 0 amide bonds. The molecule has 0 fully saturated rings. The van der Waals surface area contributed by atoms with Crippen molar-refractivity contribution in [2.24, 2.45) is 4.99 Å². The Morgan fingerprint density at radius 3 is 1.93 bits per heavy atom. The summed E-state index contributed by atoms with van der Waals surface area (Å²) in [6.07, 6.45) is -3.86. The first kappa shape index (κ1) is 19.7. The summed E-state index contributed by atoms with van der Waals surface area (Å²) in [6, 6.07) is 22.8. The van der Waals surface area contributed by atoms with Crippen molar-refractivity contribution >= 4 is 11.4 Å². The standard InChI is InChI=1S/C23H20F3NO/c1-2-15-28-21-16-19(13-14-20(21)23(24,25)26)27-22(17-9-5-3-6-10-17)18-11-7-4-8-12-18/h3-14,16H,2,15H2,1H3. The Hall–Kier alpha value is -3.08. The number of nitrogens with zero attached hydrogens (tertiary/aromatic N) is 1. The molecule has 0 saturated heterocycles. The van der Waals surface area contributed by atoms with Crippen LogP contribution in [0.2, 0.25) is 0 Å². The molecule has 0 unspecified atom stereocenters. The lowest BCUT2D eigenvalue weighted by atomic mass is 10.0. The molecule has 3 aromatic carbocycles. The zero-order valence-corrected chi connectivity index (χ0v) is 15.4. The van der Waals surface area contributed by atoms with E-state index >= 15 is 0 Å². The summed E-state index contributed by atoms with van der Waals surface area (Å²) in [5.41, 5.74) is 2.05. The Morgan fingerprint density at radius 2 is 1.43 bits per heavy atom. The first-order chi connectivity index (χ1) is 13.5. The molecule has 0 bridgehead atoms. The molecule has 0 aromatic heterocycles. The molecule has 0 aliphatic carbocycles. The molecule has 0 spiro atoms. The van der Waals surface area contributed by atoms with Gasteiger partial charge in [-0.25, -0.2) is 4.99 Å². The van der Waals surface area contributed by atoms with Gasteiger partial charge in [-0.05, 0) is 18.6 Å². The van der Waals surface area contributed by atoms with Crippen LogP contribution in [0.4, 0.5) is 18.9 Å². The van der Waals surface area contributed by atoms with Gasteiger partial charge in [-0.15, -0.1) is 0 Å². The van der Waals surface area contributed by atoms with Crippen molar-refractivity contribution in [1.29, 1.82) is 0 Å². The Morgan fingerprint density at radius 1 is 0.857 bits per heavy atom. The summed E-state index contributed by atoms with van der Waals surface area (Å²) in [7, 11) is 0. The van der Waals surface area contributed by atoms with Crippen molar-refractivity contribution in [2.45, 2.75) is 19.5 Å². The van der Waals surface area contributed by atoms with Crippen LogP contribution >= 0.6 is 0 Å². The van der Waals surface area contributed by atoms with Gasteiger partial charge < -0.3 is 4.74 Å². The van der Waals surface area contributed by atoms with Crippen LogP contribution in [0, 0.1) is 0 Å². The fraction of sp³-hybridized carbons (Fsp3) is 0.174. The average molecular weight is 383 g/mol. The highest BCUT2D eigenvalue weighted by Gasteiger charge is 2.34. The van der Waals surface area contributed by atoms with Gasteiger partial charge >= 0.3 is 6.18 Å². The number of alkyl halides is 3. The highest BCUT2D eigenvalue weighted by Crippen LogP contribution is 2.38. The van der Waals surface area contributed by atoms with Gasteiger partial charge in [-0.3, -0.25) is 0 Å². The SMILES string of the molecule is CCCOc1cc(N=C(c2ccccc2)c2ccccc2)ccc1C(F)(F)F. The van der Waals surface area contributed by atoms with E-state index < -0.39 is 11.7 Å². The van der Waals surface area contributed by atoms with E-state index in [1.807, 2.05) is 67.6 Å². The second kappa shape index (κ2) is 8.74. The number of hydrogen-bond acceptors (Lipinski definition) is 2.